The Bertz CT molecular complexity index is 1010. The number of hydrogen-bond donors (Lipinski definition) is 2. The molecule has 178 valence electrons. The number of pyridine rings is 1. The van der Waals surface area contributed by atoms with Crippen molar-refractivity contribution in [2.75, 3.05) is 51.8 Å². The summed E-state index contributed by atoms with van der Waals surface area (Å²) in [6, 6.07) is 9.46. The molecule has 33 heavy (non-hydrogen) atoms. The van der Waals surface area contributed by atoms with E-state index in [-0.39, 0.29) is 10.9 Å². The first-order valence-electron chi connectivity index (χ1n) is 10.8. The molecule has 2 amide bonds. The summed E-state index contributed by atoms with van der Waals surface area (Å²) in [6.45, 7) is 8.43. The molecule has 3 rings (SSSR count). The molecule has 1 fully saturated rings. The van der Waals surface area contributed by atoms with Crippen molar-refractivity contribution in [2.24, 2.45) is 0 Å². The van der Waals surface area contributed by atoms with Crippen LogP contribution in [0.4, 0.5) is 10.5 Å². The van der Waals surface area contributed by atoms with Crippen LogP contribution < -0.4 is 10.6 Å². The summed E-state index contributed by atoms with van der Waals surface area (Å²) in [6.07, 6.45) is 4.83. The first kappa shape index (κ1) is 24.8. The Balaban J connectivity index is 1.57. The standard InChI is InChI=1S/C23H31N5O4S/c1-3-22(28-13-11-27(12-14-28)15-16-32-2)33(30,31)21-8-6-20(7-9-21)26-23(29)25-18-19-5-4-10-24-17-19/h3-10,17,22H,1,11-16,18H2,2H3,(H2,25,26,29). The number of nitrogens with one attached hydrogen (secondary N) is 2. The molecule has 0 saturated carbocycles. The highest BCUT2D eigenvalue weighted by Gasteiger charge is 2.32. The molecule has 0 bridgehead atoms. The molecule has 0 aliphatic carbocycles. The van der Waals surface area contributed by atoms with Crippen LogP contribution >= 0.6 is 0 Å². The molecular weight excluding hydrogens is 442 g/mol. The molecule has 10 heteroatoms. The monoisotopic (exact) mass is 473 g/mol. The van der Waals surface area contributed by atoms with Gasteiger partial charge in [-0.1, -0.05) is 12.1 Å². The first-order chi connectivity index (χ1) is 15.9. The summed E-state index contributed by atoms with van der Waals surface area (Å²) in [4.78, 5) is 20.5. The molecule has 1 aromatic carbocycles. The molecule has 1 aliphatic rings. The zero-order valence-corrected chi connectivity index (χ0v) is 19.6. The summed E-state index contributed by atoms with van der Waals surface area (Å²) >= 11 is 0. The van der Waals surface area contributed by atoms with Crippen LogP contribution in [-0.2, 0) is 21.1 Å². The van der Waals surface area contributed by atoms with Gasteiger partial charge in [0.15, 0.2) is 9.84 Å². The highest BCUT2D eigenvalue weighted by atomic mass is 32.2. The van der Waals surface area contributed by atoms with Crippen molar-refractivity contribution in [1.29, 1.82) is 0 Å². The van der Waals surface area contributed by atoms with Crippen LogP contribution in [0, 0.1) is 0 Å². The Kier molecular flexibility index (Phi) is 8.95. The van der Waals surface area contributed by atoms with Crippen molar-refractivity contribution >= 4 is 21.6 Å². The van der Waals surface area contributed by atoms with Gasteiger partial charge in [-0.05, 0) is 35.9 Å². The van der Waals surface area contributed by atoms with Gasteiger partial charge in [-0.25, -0.2) is 13.2 Å². The molecule has 1 saturated heterocycles. The van der Waals surface area contributed by atoms with Crippen molar-refractivity contribution in [3.05, 3.63) is 67.0 Å². The quantitative estimate of drug-likeness (QED) is 0.508. The molecule has 1 atom stereocenters. The summed E-state index contributed by atoms with van der Waals surface area (Å²) in [7, 11) is -1.97. The second kappa shape index (κ2) is 11.9. The fourth-order valence-corrected chi connectivity index (χ4v) is 5.31. The molecule has 0 radical (unpaired) electrons. The number of methoxy groups -OCH3 is 1. The maximum absolute atomic E-state index is 13.3. The van der Waals surface area contributed by atoms with Gasteiger partial charge < -0.3 is 15.4 Å². The fourth-order valence-electron chi connectivity index (χ4n) is 3.66. The molecule has 1 aliphatic heterocycles. The number of aromatic nitrogens is 1. The van der Waals surface area contributed by atoms with Crippen LogP contribution in [0.15, 0.2) is 66.3 Å². The van der Waals surface area contributed by atoms with Crippen LogP contribution in [-0.4, -0.2) is 81.0 Å². The van der Waals surface area contributed by atoms with Crippen molar-refractivity contribution in [3.63, 3.8) is 0 Å². The van der Waals surface area contributed by atoms with E-state index in [0.29, 0.717) is 31.9 Å². The summed E-state index contributed by atoms with van der Waals surface area (Å²) < 4.78 is 31.6. The maximum atomic E-state index is 13.3. The van der Waals surface area contributed by atoms with E-state index in [9.17, 15) is 13.2 Å². The number of sulfone groups is 1. The zero-order valence-electron chi connectivity index (χ0n) is 18.8. The molecule has 2 heterocycles. The molecule has 9 nitrogen and oxygen atoms in total. The highest BCUT2D eigenvalue weighted by Crippen LogP contribution is 2.23. The molecule has 0 spiro atoms. The van der Waals surface area contributed by atoms with E-state index in [1.165, 1.54) is 18.2 Å². The third-order valence-corrected chi connectivity index (χ3v) is 7.57. The van der Waals surface area contributed by atoms with Crippen LogP contribution in [0.2, 0.25) is 0 Å². The average molecular weight is 474 g/mol. The number of carbonyl (C=O) groups is 1. The third-order valence-electron chi connectivity index (χ3n) is 5.51. The highest BCUT2D eigenvalue weighted by molar-refractivity contribution is 7.92. The number of urea groups is 1. The van der Waals surface area contributed by atoms with Crippen molar-refractivity contribution < 1.29 is 17.9 Å². The van der Waals surface area contributed by atoms with Crippen molar-refractivity contribution in [3.8, 4) is 0 Å². The van der Waals surface area contributed by atoms with Gasteiger partial charge in [-0.2, -0.15) is 0 Å². The van der Waals surface area contributed by atoms with Crippen molar-refractivity contribution in [1.82, 2.24) is 20.1 Å². The number of amides is 2. The summed E-state index contributed by atoms with van der Waals surface area (Å²) in [5, 5.41) is 4.64. The lowest BCUT2D eigenvalue weighted by atomic mass is 10.3. The maximum Gasteiger partial charge on any atom is 0.319 e. The Morgan fingerprint density at radius 2 is 1.94 bits per heavy atom. The predicted octanol–water partition coefficient (Wildman–Crippen LogP) is 1.95. The molecule has 2 N–H and O–H groups in total. The third kappa shape index (κ3) is 6.84. The molecular formula is C23H31N5O4S. The van der Waals surface area contributed by atoms with E-state index in [2.05, 4.69) is 27.1 Å². The van der Waals surface area contributed by atoms with E-state index in [0.717, 1.165) is 25.2 Å². The second-order valence-corrected chi connectivity index (χ2v) is 9.78. The van der Waals surface area contributed by atoms with E-state index < -0.39 is 15.2 Å². The zero-order chi connectivity index (χ0) is 23.7. The number of benzene rings is 1. The van der Waals surface area contributed by atoms with E-state index in [1.54, 1.807) is 37.7 Å². The number of rotatable bonds is 10. The number of hydrogen-bond acceptors (Lipinski definition) is 7. The lowest BCUT2D eigenvalue weighted by Gasteiger charge is -2.37. The Labute approximate surface area is 195 Å². The lowest BCUT2D eigenvalue weighted by molar-refractivity contribution is 0.0967. The van der Waals surface area contributed by atoms with E-state index >= 15 is 0 Å². The summed E-state index contributed by atoms with van der Waals surface area (Å²) in [5.74, 6) is 0. The normalized spacial score (nSPS) is 16.2. The SMILES string of the molecule is C=CC(N1CCN(CCOC)CC1)S(=O)(=O)c1ccc(NC(=O)NCc2cccnc2)cc1. The van der Waals surface area contributed by atoms with Gasteiger partial charge >= 0.3 is 6.03 Å². The minimum atomic E-state index is -3.65. The van der Waals surface area contributed by atoms with Crippen LogP contribution in [0.25, 0.3) is 0 Å². The van der Waals surface area contributed by atoms with Gasteiger partial charge in [0, 0.05) is 64.5 Å². The molecule has 2 aromatic rings. The number of nitrogens with zero attached hydrogens (tertiary/aromatic N) is 3. The smallest absolute Gasteiger partial charge is 0.319 e. The largest absolute Gasteiger partial charge is 0.383 e. The Morgan fingerprint density at radius 3 is 2.55 bits per heavy atom. The minimum absolute atomic E-state index is 0.190. The molecule has 1 aromatic heterocycles. The number of anilines is 1. The topological polar surface area (TPSA) is 104 Å². The number of ether oxygens (including phenoxy) is 1. The van der Waals surface area contributed by atoms with Gasteiger partial charge in [0.25, 0.3) is 0 Å². The van der Waals surface area contributed by atoms with Gasteiger partial charge in [-0.3, -0.25) is 14.8 Å². The minimum Gasteiger partial charge on any atom is -0.383 e. The van der Waals surface area contributed by atoms with Crippen LogP contribution in [0.3, 0.4) is 0 Å². The van der Waals surface area contributed by atoms with Gasteiger partial charge in [0.2, 0.25) is 0 Å². The fraction of sp³-hybridized carbons (Fsp3) is 0.391. The average Bonchev–Trinajstić information content (AvgIpc) is 2.83. The van der Waals surface area contributed by atoms with Gasteiger partial charge in [0.05, 0.1) is 11.5 Å². The van der Waals surface area contributed by atoms with Crippen LogP contribution in [0.5, 0.6) is 0 Å². The number of piperazine rings is 1. The molecule has 1 unspecified atom stereocenters. The second-order valence-electron chi connectivity index (χ2n) is 7.74. The Hall–Kier alpha value is -2.79. The Morgan fingerprint density at radius 1 is 1.21 bits per heavy atom. The first-order valence-corrected chi connectivity index (χ1v) is 12.3. The number of carbonyl (C=O) groups excluding carboxylic acids is 1. The van der Waals surface area contributed by atoms with Crippen LogP contribution in [0.1, 0.15) is 5.56 Å². The summed E-state index contributed by atoms with van der Waals surface area (Å²) in [5.41, 5.74) is 1.38. The lowest BCUT2D eigenvalue weighted by Crippen LogP contribution is -2.52. The van der Waals surface area contributed by atoms with Gasteiger partial charge in [-0.15, -0.1) is 6.58 Å². The van der Waals surface area contributed by atoms with Gasteiger partial charge in [0.1, 0.15) is 5.37 Å². The van der Waals surface area contributed by atoms with Crippen molar-refractivity contribution in [2.45, 2.75) is 16.8 Å². The predicted molar refractivity (Wildman–Crippen MR) is 128 cm³/mol. The van der Waals surface area contributed by atoms with E-state index in [1.807, 2.05) is 11.0 Å². The van der Waals surface area contributed by atoms with E-state index in [4.69, 9.17) is 4.74 Å².